The molecule has 1 aliphatic heterocycles. The molecule has 1 aliphatic rings. The van der Waals surface area contributed by atoms with E-state index in [0.29, 0.717) is 0 Å². The van der Waals surface area contributed by atoms with Crippen LogP contribution < -0.4 is 9.47 Å². The van der Waals surface area contributed by atoms with E-state index in [4.69, 9.17) is 9.47 Å². The topological polar surface area (TPSA) is 18.5 Å². The van der Waals surface area contributed by atoms with Crippen LogP contribution in [0.25, 0.3) is 0 Å². The lowest BCUT2D eigenvalue weighted by molar-refractivity contribution is 0.119. The Morgan fingerprint density at radius 3 is 1.65 bits per heavy atom. The largest absolute Gasteiger partial charge is 0.457 e. The Kier molecular flexibility index (Phi) is 2.70. The van der Waals surface area contributed by atoms with Gasteiger partial charge >= 0.3 is 0 Å². The lowest BCUT2D eigenvalue weighted by Gasteiger charge is -2.09. The van der Waals surface area contributed by atoms with Crippen LogP contribution in [-0.2, 0) is 12.8 Å². The normalized spacial score (nSPS) is 14.1. The number of benzene rings is 2. The molecule has 0 amide bonds. The Morgan fingerprint density at radius 2 is 1.12 bits per heavy atom. The molecule has 0 saturated heterocycles. The summed E-state index contributed by atoms with van der Waals surface area (Å²) >= 11 is 0. The molecule has 2 aromatic carbocycles. The van der Waals surface area contributed by atoms with Gasteiger partial charge in [0.05, 0.1) is 0 Å². The third-order valence-corrected chi connectivity index (χ3v) is 3.04. The summed E-state index contributed by atoms with van der Waals surface area (Å²) in [5.41, 5.74) is 2.49. The van der Waals surface area contributed by atoms with Crippen molar-refractivity contribution in [2.45, 2.75) is 12.8 Å². The fourth-order valence-electron chi connectivity index (χ4n) is 2.13. The van der Waals surface area contributed by atoms with E-state index in [0.717, 1.165) is 24.3 Å². The number of fused-ring (bicyclic) bond motifs is 2. The van der Waals surface area contributed by atoms with E-state index in [9.17, 15) is 0 Å². The quantitative estimate of drug-likeness (QED) is 0.686. The Labute approximate surface area is 101 Å². The molecule has 17 heavy (non-hydrogen) atoms. The zero-order valence-corrected chi connectivity index (χ0v) is 9.56. The summed E-state index contributed by atoms with van der Waals surface area (Å²) < 4.78 is 11.3. The summed E-state index contributed by atoms with van der Waals surface area (Å²) in [5, 5.41) is 0. The number of ether oxygens (including phenoxy) is 2. The van der Waals surface area contributed by atoms with Gasteiger partial charge in [-0.25, -0.2) is 0 Å². The molecule has 0 spiro atoms. The van der Waals surface area contributed by atoms with Crippen LogP contribution in [0.1, 0.15) is 11.1 Å². The molecule has 0 fully saturated rings. The van der Waals surface area contributed by atoms with Crippen LogP contribution >= 0.6 is 0 Å². The fraction of sp³-hybridized carbons (Fsp3) is 0.200. The van der Waals surface area contributed by atoms with E-state index >= 15 is 0 Å². The van der Waals surface area contributed by atoms with Crippen LogP contribution in [-0.4, -0.2) is 6.79 Å². The predicted molar refractivity (Wildman–Crippen MR) is 66.4 cm³/mol. The lowest BCUT2D eigenvalue weighted by atomic mass is 10.0. The first kappa shape index (κ1) is 10.2. The molecule has 0 radical (unpaired) electrons. The molecule has 0 N–H and O–H groups in total. The van der Waals surface area contributed by atoms with Gasteiger partial charge in [-0.1, -0.05) is 36.4 Å². The highest BCUT2D eigenvalue weighted by atomic mass is 16.7. The lowest BCUT2D eigenvalue weighted by Crippen LogP contribution is -2.06. The minimum Gasteiger partial charge on any atom is -0.457 e. The van der Waals surface area contributed by atoms with Crippen LogP contribution in [0.3, 0.4) is 0 Å². The second kappa shape index (κ2) is 4.50. The molecule has 3 rings (SSSR count). The van der Waals surface area contributed by atoms with Gasteiger partial charge in [0.25, 0.3) is 0 Å². The van der Waals surface area contributed by atoms with Crippen LogP contribution in [0.4, 0.5) is 0 Å². The molecular formula is C15H14O2. The fourth-order valence-corrected chi connectivity index (χ4v) is 2.13. The van der Waals surface area contributed by atoms with Crippen molar-refractivity contribution in [3.05, 3.63) is 59.7 Å². The van der Waals surface area contributed by atoms with Crippen molar-refractivity contribution in [3.63, 3.8) is 0 Å². The Bertz CT molecular complexity index is 472. The third-order valence-electron chi connectivity index (χ3n) is 3.04. The number of hydrogen-bond acceptors (Lipinski definition) is 2. The van der Waals surface area contributed by atoms with E-state index in [1.165, 1.54) is 11.1 Å². The zero-order chi connectivity index (χ0) is 11.5. The monoisotopic (exact) mass is 226 g/mol. The summed E-state index contributed by atoms with van der Waals surface area (Å²) in [6, 6.07) is 16.3. The summed E-state index contributed by atoms with van der Waals surface area (Å²) in [7, 11) is 0. The SMILES string of the molecule is c1ccc2c(c1)CCc1ccccc1OCO2. The van der Waals surface area contributed by atoms with Gasteiger partial charge in [0.15, 0.2) is 0 Å². The molecule has 0 atom stereocenters. The average molecular weight is 226 g/mol. The Balaban J connectivity index is 1.94. The third kappa shape index (κ3) is 2.11. The van der Waals surface area contributed by atoms with Crippen LogP contribution in [0.5, 0.6) is 11.5 Å². The van der Waals surface area contributed by atoms with E-state index in [2.05, 4.69) is 12.1 Å². The first-order valence-corrected chi connectivity index (χ1v) is 5.85. The van der Waals surface area contributed by atoms with Gasteiger partial charge in [0.2, 0.25) is 6.79 Å². The predicted octanol–water partition coefficient (Wildman–Crippen LogP) is 3.20. The number of aryl methyl sites for hydroxylation is 2. The van der Waals surface area contributed by atoms with E-state index in [1.807, 2.05) is 36.4 Å². The number of para-hydroxylation sites is 2. The smallest absolute Gasteiger partial charge is 0.230 e. The van der Waals surface area contributed by atoms with Gasteiger partial charge in [-0.3, -0.25) is 0 Å². The first-order chi connectivity index (χ1) is 8.43. The van der Waals surface area contributed by atoms with Gasteiger partial charge < -0.3 is 9.47 Å². The standard InChI is InChI=1S/C15H14O2/c1-3-7-14-12(5-1)9-10-13-6-2-4-8-15(13)17-11-16-14/h1-8H,9-11H2. The van der Waals surface area contributed by atoms with Crippen molar-refractivity contribution in [2.75, 3.05) is 6.79 Å². The molecule has 0 bridgehead atoms. The molecule has 2 aromatic rings. The molecule has 2 nitrogen and oxygen atoms in total. The van der Waals surface area contributed by atoms with Crippen LogP contribution in [0.2, 0.25) is 0 Å². The van der Waals surface area contributed by atoms with Crippen LogP contribution in [0, 0.1) is 0 Å². The minimum absolute atomic E-state index is 0.272. The van der Waals surface area contributed by atoms with Crippen molar-refractivity contribution in [1.29, 1.82) is 0 Å². The van der Waals surface area contributed by atoms with Crippen molar-refractivity contribution in [3.8, 4) is 11.5 Å². The van der Waals surface area contributed by atoms with Crippen molar-refractivity contribution < 1.29 is 9.47 Å². The average Bonchev–Trinajstić information content (AvgIpc) is 2.47. The molecule has 1 heterocycles. The maximum atomic E-state index is 5.64. The summed E-state index contributed by atoms with van der Waals surface area (Å²) in [6.45, 7) is 0.272. The summed E-state index contributed by atoms with van der Waals surface area (Å²) in [6.07, 6.45) is 1.97. The highest BCUT2D eigenvalue weighted by molar-refractivity contribution is 5.38. The van der Waals surface area contributed by atoms with Gasteiger partial charge in [-0.05, 0) is 36.1 Å². The molecule has 0 unspecified atom stereocenters. The first-order valence-electron chi connectivity index (χ1n) is 5.85. The maximum Gasteiger partial charge on any atom is 0.230 e. The van der Waals surface area contributed by atoms with E-state index < -0.39 is 0 Å². The molecular weight excluding hydrogens is 212 g/mol. The second-order valence-electron chi connectivity index (χ2n) is 4.12. The van der Waals surface area contributed by atoms with Crippen molar-refractivity contribution in [1.82, 2.24) is 0 Å². The number of rotatable bonds is 0. The molecule has 2 heteroatoms. The zero-order valence-electron chi connectivity index (χ0n) is 9.56. The highest BCUT2D eigenvalue weighted by Crippen LogP contribution is 2.26. The summed E-state index contributed by atoms with van der Waals surface area (Å²) in [4.78, 5) is 0. The second-order valence-corrected chi connectivity index (χ2v) is 4.12. The number of hydrogen-bond donors (Lipinski definition) is 0. The molecule has 0 aromatic heterocycles. The van der Waals surface area contributed by atoms with E-state index in [-0.39, 0.29) is 6.79 Å². The van der Waals surface area contributed by atoms with Gasteiger partial charge in [-0.2, -0.15) is 0 Å². The Morgan fingerprint density at radius 1 is 0.647 bits per heavy atom. The Hall–Kier alpha value is -1.96. The van der Waals surface area contributed by atoms with Crippen molar-refractivity contribution >= 4 is 0 Å². The summed E-state index contributed by atoms with van der Waals surface area (Å²) in [5.74, 6) is 1.86. The van der Waals surface area contributed by atoms with Crippen LogP contribution in [0.15, 0.2) is 48.5 Å². The minimum atomic E-state index is 0.272. The van der Waals surface area contributed by atoms with E-state index in [1.54, 1.807) is 0 Å². The molecule has 86 valence electrons. The van der Waals surface area contributed by atoms with Gasteiger partial charge in [0.1, 0.15) is 11.5 Å². The van der Waals surface area contributed by atoms with Gasteiger partial charge in [-0.15, -0.1) is 0 Å². The highest BCUT2D eigenvalue weighted by Gasteiger charge is 2.10. The van der Waals surface area contributed by atoms with Gasteiger partial charge in [0, 0.05) is 0 Å². The van der Waals surface area contributed by atoms with Crippen molar-refractivity contribution in [2.24, 2.45) is 0 Å². The molecule has 0 aliphatic carbocycles. The molecule has 0 saturated carbocycles. The maximum absolute atomic E-state index is 5.64.